The van der Waals surface area contributed by atoms with Gasteiger partial charge in [-0.25, -0.2) is 4.98 Å². The number of pyridine rings is 1. The summed E-state index contributed by atoms with van der Waals surface area (Å²) in [4.78, 5) is 25.9. The Morgan fingerprint density at radius 3 is 2.75 bits per heavy atom. The maximum Gasteiger partial charge on any atom is 0.322 e. The molecule has 0 saturated carbocycles. The fourth-order valence-electron chi connectivity index (χ4n) is 1.77. The number of nitrogens with zero attached hydrogens (tertiary/aromatic N) is 1. The Morgan fingerprint density at radius 1 is 1.20 bits per heavy atom. The molecule has 0 saturated heterocycles. The lowest BCUT2D eigenvalue weighted by Crippen LogP contribution is -2.34. The molecule has 7 heteroatoms. The van der Waals surface area contributed by atoms with Crippen LogP contribution in [-0.4, -0.2) is 35.1 Å². The molecule has 0 aliphatic rings. The number of nitrogens with two attached hydrogens (primary N) is 1. The van der Waals surface area contributed by atoms with Crippen LogP contribution in [0.5, 0.6) is 0 Å². The quantitative estimate of drug-likeness (QED) is 0.587. The molecule has 0 unspecified atom stereocenters. The number of anilines is 2. The molecule has 0 fully saturated rings. The van der Waals surface area contributed by atoms with Crippen molar-refractivity contribution in [2.24, 2.45) is 0 Å². The molecule has 0 aliphatic heterocycles. The minimum Gasteiger partial charge on any atom is -0.480 e. The van der Waals surface area contributed by atoms with Crippen LogP contribution in [0.25, 0.3) is 10.8 Å². The van der Waals surface area contributed by atoms with Crippen LogP contribution in [0.2, 0.25) is 0 Å². The second-order valence-corrected chi connectivity index (χ2v) is 4.13. The van der Waals surface area contributed by atoms with E-state index in [0.717, 1.165) is 10.8 Å². The highest BCUT2D eigenvalue weighted by atomic mass is 16.4. The van der Waals surface area contributed by atoms with E-state index in [1.165, 1.54) is 0 Å². The molecule has 0 radical (unpaired) electrons. The molecule has 0 spiro atoms. The number of fused-ring (bicyclic) bond motifs is 1. The number of carboxylic acids is 1. The van der Waals surface area contributed by atoms with Crippen molar-refractivity contribution >= 4 is 34.2 Å². The van der Waals surface area contributed by atoms with E-state index in [1.807, 2.05) is 6.07 Å². The average molecular weight is 274 g/mol. The minimum absolute atomic E-state index is 0.0613. The topological polar surface area (TPSA) is 117 Å². The molecule has 5 N–H and O–H groups in total. The maximum atomic E-state index is 11.4. The Balaban J connectivity index is 2.09. The van der Waals surface area contributed by atoms with Crippen molar-refractivity contribution < 1.29 is 14.7 Å². The second-order valence-electron chi connectivity index (χ2n) is 4.13. The van der Waals surface area contributed by atoms with Crippen LogP contribution in [0.15, 0.2) is 30.5 Å². The van der Waals surface area contributed by atoms with Gasteiger partial charge in [-0.05, 0) is 12.1 Å². The third-order valence-corrected chi connectivity index (χ3v) is 2.69. The summed E-state index contributed by atoms with van der Waals surface area (Å²) < 4.78 is 0. The number of amides is 1. The van der Waals surface area contributed by atoms with Crippen molar-refractivity contribution in [1.29, 1.82) is 0 Å². The molecule has 2 rings (SSSR count). The van der Waals surface area contributed by atoms with E-state index in [4.69, 9.17) is 10.8 Å². The van der Waals surface area contributed by atoms with Crippen molar-refractivity contribution in [3.8, 4) is 0 Å². The van der Waals surface area contributed by atoms with Gasteiger partial charge < -0.3 is 21.5 Å². The number of aliphatic carboxylic acids is 1. The van der Waals surface area contributed by atoms with Crippen molar-refractivity contribution in [2.75, 3.05) is 24.1 Å². The van der Waals surface area contributed by atoms with E-state index in [1.54, 1.807) is 24.4 Å². The largest absolute Gasteiger partial charge is 0.480 e. The Morgan fingerprint density at radius 2 is 2.00 bits per heavy atom. The van der Waals surface area contributed by atoms with Gasteiger partial charge in [-0.3, -0.25) is 9.59 Å². The molecular formula is C13H14N4O3. The third-order valence-electron chi connectivity index (χ3n) is 2.69. The van der Waals surface area contributed by atoms with E-state index in [2.05, 4.69) is 15.6 Å². The van der Waals surface area contributed by atoms with Crippen LogP contribution >= 0.6 is 0 Å². The lowest BCUT2D eigenvalue weighted by Gasteiger charge is -2.09. The number of carbonyl (C=O) groups excluding carboxylic acids is 1. The lowest BCUT2D eigenvalue weighted by molar-refractivity contribution is -0.137. The Labute approximate surface area is 114 Å². The van der Waals surface area contributed by atoms with Crippen molar-refractivity contribution in [3.05, 3.63) is 30.5 Å². The number of rotatable bonds is 5. The Hall–Kier alpha value is -2.83. The van der Waals surface area contributed by atoms with Gasteiger partial charge in [0.25, 0.3) is 0 Å². The van der Waals surface area contributed by atoms with Crippen LogP contribution in [-0.2, 0) is 9.59 Å². The smallest absolute Gasteiger partial charge is 0.322 e. The summed E-state index contributed by atoms with van der Waals surface area (Å²) >= 11 is 0. The molecule has 1 aromatic heterocycles. The van der Waals surface area contributed by atoms with Gasteiger partial charge >= 0.3 is 5.97 Å². The fourth-order valence-corrected chi connectivity index (χ4v) is 1.77. The molecule has 1 heterocycles. The van der Waals surface area contributed by atoms with Gasteiger partial charge in [0, 0.05) is 22.7 Å². The average Bonchev–Trinajstić information content (AvgIpc) is 2.43. The molecule has 1 amide bonds. The summed E-state index contributed by atoms with van der Waals surface area (Å²) in [5, 5.41) is 15.2. The molecule has 1 aromatic carbocycles. The summed E-state index contributed by atoms with van der Waals surface area (Å²) in [6, 6.07) is 7.22. The zero-order valence-corrected chi connectivity index (χ0v) is 10.6. The maximum absolute atomic E-state index is 11.4. The van der Waals surface area contributed by atoms with Gasteiger partial charge in [0.1, 0.15) is 12.4 Å². The summed E-state index contributed by atoms with van der Waals surface area (Å²) in [5.41, 5.74) is 6.49. The zero-order chi connectivity index (χ0) is 14.5. The number of aromatic nitrogens is 1. The molecule has 20 heavy (non-hydrogen) atoms. The van der Waals surface area contributed by atoms with Crippen LogP contribution in [0.3, 0.4) is 0 Å². The molecule has 104 valence electrons. The van der Waals surface area contributed by atoms with E-state index in [-0.39, 0.29) is 6.54 Å². The van der Waals surface area contributed by atoms with Gasteiger partial charge in [0.05, 0.1) is 6.54 Å². The monoisotopic (exact) mass is 274 g/mol. The summed E-state index contributed by atoms with van der Waals surface area (Å²) in [7, 11) is 0. The van der Waals surface area contributed by atoms with E-state index < -0.39 is 18.4 Å². The Kier molecular flexibility index (Phi) is 3.99. The van der Waals surface area contributed by atoms with Crippen LogP contribution < -0.4 is 16.4 Å². The standard InChI is InChI=1S/C13H14N4O3/c14-10-3-1-2-9-8(10)4-5-15-13(9)17-6-11(18)16-7-12(19)20/h1-5H,6-7,14H2,(H,15,17)(H,16,18)(H,19,20). The van der Waals surface area contributed by atoms with Gasteiger partial charge in [-0.15, -0.1) is 0 Å². The highest BCUT2D eigenvalue weighted by Crippen LogP contribution is 2.25. The molecule has 7 nitrogen and oxygen atoms in total. The Bertz CT molecular complexity index is 657. The minimum atomic E-state index is -1.09. The first kappa shape index (κ1) is 13.6. The van der Waals surface area contributed by atoms with Gasteiger partial charge in [-0.1, -0.05) is 12.1 Å². The normalized spacial score (nSPS) is 10.2. The van der Waals surface area contributed by atoms with Crippen molar-refractivity contribution in [2.45, 2.75) is 0 Å². The summed E-state index contributed by atoms with van der Waals surface area (Å²) in [6.07, 6.45) is 1.59. The SMILES string of the molecule is Nc1cccc2c(NCC(=O)NCC(=O)O)nccc12. The number of benzene rings is 1. The molecular weight excluding hydrogens is 260 g/mol. The number of nitrogens with one attached hydrogen (secondary N) is 2. The van der Waals surface area contributed by atoms with Crippen LogP contribution in [0.1, 0.15) is 0 Å². The van der Waals surface area contributed by atoms with Crippen LogP contribution in [0, 0.1) is 0 Å². The predicted molar refractivity (Wildman–Crippen MR) is 75.3 cm³/mol. The summed E-state index contributed by atoms with van der Waals surface area (Å²) in [5.74, 6) is -0.982. The van der Waals surface area contributed by atoms with E-state index in [9.17, 15) is 9.59 Å². The number of hydrogen-bond donors (Lipinski definition) is 4. The van der Waals surface area contributed by atoms with E-state index in [0.29, 0.717) is 11.5 Å². The number of carbonyl (C=O) groups is 2. The molecule has 0 aliphatic carbocycles. The predicted octanol–water partition coefficient (Wildman–Crippen LogP) is 0.430. The lowest BCUT2D eigenvalue weighted by atomic mass is 10.1. The number of hydrogen-bond acceptors (Lipinski definition) is 5. The molecule has 0 bridgehead atoms. The highest BCUT2D eigenvalue weighted by molar-refractivity contribution is 5.99. The highest BCUT2D eigenvalue weighted by Gasteiger charge is 2.07. The second kappa shape index (κ2) is 5.87. The first-order chi connectivity index (χ1) is 9.58. The first-order valence-corrected chi connectivity index (χ1v) is 5.93. The van der Waals surface area contributed by atoms with Gasteiger partial charge in [-0.2, -0.15) is 0 Å². The van der Waals surface area contributed by atoms with Crippen molar-refractivity contribution in [3.63, 3.8) is 0 Å². The number of nitrogen functional groups attached to an aromatic ring is 1. The summed E-state index contributed by atoms with van der Waals surface area (Å²) in [6.45, 7) is -0.468. The first-order valence-electron chi connectivity index (χ1n) is 5.93. The van der Waals surface area contributed by atoms with Crippen molar-refractivity contribution in [1.82, 2.24) is 10.3 Å². The van der Waals surface area contributed by atoms with E-state index >= 15 is 0 Å². The van der Waals surface area contributed by atoms with Gasteiger partial charge in [0.15, 0.2) is 0 Å². The third kappa shape index (κ3) is 3.14. The molecule has 0 atom stereocenters. The fraction of sp³-hybridized carbons (Fsp3) is 0.154. The zero-order valence-electron chi connectivity index (χ0n) is 10.6. The number of carboxylic acid groups (broad SMARTS) is 1. The van der Waals surface area contributed by atoms with Crippen LogP contribution in [0.4, 0.5) is 11.5 Å². The molecule has 2 aromatic rings. The van der Waals surface area contributed by atoms with Gasteiger partial charge in [0.2, 0.25) is 5.91 Å².